The van der Waals surface area contributed by atoms with Crippen molar-refractivity contribution in [2.45, 2.75) is 39.2 Å². The van der Waals surface area contributed by atoms with E-state index in [0.29, 0.717) is 11.5 Å². The normalized spacial score (nSPS) is 29.6. The maximum Gasteiger partial charge on any atom is 0.0653 e. The second kappa shape index (κ2) is 2.81. The quantitative estimate of drug-likeness (QED) is 0.419. The summed E-state index contributed by atoms with van der Waals surface area (Å²) < 4.78 is 0. The van der Waals surface area contributed by atoms with Crippen LogP contribution < -0.4 is 0 Å². The van der Waals surface area contributed by atoms with Gasteiger partial charge in [-0.25, -0.2) is 4.99 Å². The molecule has 0 heterocycles. The van der Waals surface area contributed by atoms with E-state index in [1.807, 2.05) is 0 Å². The largest absolute Gasteiger partial charge is 0.229 e. The van der Waals surface area contributed by atoms with E-state index >= 15 is 0 Å². The predicted molar refractivity (Wildman–Crippen MR) is 46.4 cm³/mol. The Kier molecular flexibility index (Phi) is 2.22. The molecule has 10 heavy (non-hydrogen) atoms. The zero-order valence-electron chi connectivity index (χ0n) is 6.55. The maximum atomic E-state index is 4.57. The van der Waals surface area contributed by atoms with Gasteiger partial charge < -0.3 is 0 Å². The highest BCUT2D eigenvalue weighted by Gasteiger charge is 2.33. The van der Waals surface area contributed by atoms with Gasteiger partial charge in [0.2, 0.25) is 0 Å². The fourth-order valence-electron chi connectivity index (χ4n) is 1.61. The first-order valence-corrected chi connectivity index (χ1v) is 4.14. The number of nitrogens with zero attached hydrogens (tertiary/aromatic N) is 1. The van der Waals surface area contributed by atoms with Crippen molar-refractivity contribution in [2.75, 3.05) is 0 Å². The van der Waals surface area contributed by atoms with Crippen LogP contribution in [0.25, 0.3) is 0 Å². The van der Waals surface area contributed by atoms with Crippen molar-refractivity contribution in [2.24, 2.45) is 10.4 Å². The molecule has 1 unspecified atom stereocenters. The third-order valence-electron chi connectivity index (χ3n) is 2.41. The zero-order valence-corrected chi connectivity index (χ0v) is 7.37. The third-order valence-corrected chi connectivity index (χ3v) is 2.51. The van der Waals surface area contributed by atoms with Gasteiger partial charge in [-0.1, -0.05) is 20.3 Å². The summed E-state index contributed by atoms with van der Waals surface area (Å²) >= 11 is 4.57. The molecule has 1 nitrogen and oxygen atoms in total. The lowest BCUT2D eigenvalue weighted by Crippen LogP contribution is -2.20. The van der Waals surface area contributed by atoms with Crippen molar-refractivity contribution in [1.82, 2.24) is 0 Å². The van der Waals surface area contributed by atoms with E-state index < -0.39 is 0 Å². The van der Waals surface area contributed by atoms with Gasteiger partial charge in [-0.2, -0.15) is 0 Å². The minimum Gasteiger partial charge on any atom is -0.229 e. The molecule has 0 aromatic heterocycles. The Morgan fingerprint density at radius 1 is 1.60 bits per heavy atom. The summed E-state index contributed by atoms with van der Waals surface area (Å²) in [5.41, 5.74) is 0.367. The van der Waals surface area contributed by atoms with Crippen LogP contribution in [0.4, 0.5) is 0 Å². The molecule has 56 valence electrons. The highest BCUT2D eigenvalue weighted by atomic mass is 32.1. The van der Waals surface area contributed by atoms with Crippen LogP contribution in [0.5, 0.6) is 0 Å². The molecule has 0 aliphatic heterocycles. The lowest BCUT2D eigenvalue weighted by molar-refractivity contribution is 0.335. The Morgan fingerprint density at radius 2 is 2.30 bits per heavy atom. The highest BCUT2D eigenvalue weighted by molar-refractivity contribution is 7.78. The van der Waals surface area contributed by atoms with Gasteiger partial charge in [0.05, 0.1) is 11.2 Å². The summed E-state index contributed by atoms with van der Waals surface area (Å²) in [6.45, 7) is 4.50. The van der Waals surface area contributed by atoms with Gasteiger partial charge in [-0.05, 0) is 30.5 Å². The Morgan fingerprint density at radius 3 is 2.70 bits per heavy atom. The molecule has 1 fully saturated rings. The molecule has 0 saturated heterocycles. The summed E-state index contributed by atoms with van der Waals surface area (Å²) in [7, 11) is 0. The first-order chi connectivity index (χ1) is 4.67. The Hall–Kier alpha value is -0.200. The lowest BCUT2D eigenvalue weighted by atomic mass is 9.88. The first kappa shape index (κ1) is 7.90. The molecule has 1 aliphatic rings. The molecular weight excluding hydrogens is 142 g/mol. The van der Waals surface area contributed by atoms with Crippen molar-refractivity contribution in [3.8, 4) is 0 Å². The number of hydrogen-bond acceptors (Lipinski definition) is 2. The molecule has 0 amide bonds. The average molecular weight is 155 g/mol. The van der Waals surface area contributed by atoms with Crippen LogP contribution in [-0.2, 0) is 0 Å². The number of isothiocyanates is 1. The SMILES string of the molecule is CC1(C)CCCC1N=C=S. The fourth-order valence-corrected chi connectivity index (χ4v) is 1.74. The summed E-state index contributed by atoms with van der Waals surface area (Å²) in [5.74, 6) is 0. The smallest absolute Gasteiger partial charge is 0.0653 e. The molecule has 0 N–H and O–H groups in total. The van der Waals surface area contributed by atoms with Crippen molar-refractivity contribution < 1.29 is 0 Å². The van der Waals surface area contributed by atoms with Gasteiger partial charge in [0.1, 0.15) is 0 Å². The predicted octanol–water partition coefficient (Wildman–Crippen LogP) is 2.67. The van der Waals surface area contributed by atoms with E-state index in [2.05, 4.69) is 36.2 Å². The van der Waals surface area contributed by atoms with E-state index in [0.717, 1.165) is 0 Å². The van der Waals surface area contributed by atoms with Crippen LogP contribution in [0, 0.1) is 5.41 Å². The molecule has 1 atom stereocenters. The molecular formula is C8H13NS. The van der Waals surface area contributed by atoms with Crippen LogP contribution in [-0.4, -0.2) is 11.2 Å². The van der Waals surface area contributed by atoms with E-state index in [1.54, 1.807) is 0 Å². The van der Waals surface area contributed by atoms with Gasteiger partial charge in [0.15, 0.2) is 0 Å². The molecule has 0 aromatic carbocycles. The van der Waals surface area contributed by atoms with Gasteiger partial charge in [0.25, 0.3) is 0 Å². The van der Waals surface area contributed by atoms with Crippen LogP contribution in [0.15, 0.2) is 4.99 Å². The maximum absolute atomic E-state index is 4.57. The molecule has 2 heteroatoms. The third kappa shape index (κ3) is 1.44. The summed E-state index contributed by atoms with van der Waals surface area (Å²) in [5, 5.41) is 2.47. The minimum atomic E-state index is 0.367. The Balaban J connectivity index is 2.68. The van der Waals surface area contributed by atoms with Crippen molar-refractivity contribution >= 4 is 17.4 Å². The number of rotatable bonds is 1. The monoisotopic (exact) mass is 155 g/mol. The average Bonchev–Trinajstić information content (AvgIpc) is 2.13. The van der Waals surface area contributed by atoms with E-state index in [4.69, 9.17) is 0 Å². The summed E-state index contributed by atoms with van der Waals surface area (Å²) in [6, 6.07) is 0.435. The van der Waals surface area contributed by atoms with Crippen LogP contribution in [0.1, 0.15) is 33.1 Å². The molecule has 0 spiro atoms. The molecule has 0 radical (unpaired) electrons. The van der Waals surface area contributed by atoms with Gasteiger partial charge in [-0.3, -0.25) is 0 Å². The number of aliphatic imine (C=N–C) groups is 1. The van der Waals surface area contributed by atoms with Gasteiger partial charge in [-0.15, -0.1) is 0 Å². The van der Waals surface area contributed by atoms with E-state index in [9.17, 15) is 0 Å². The van der Waals surface area contributed by atoms with Crippen LogP contribution in [0.3, 0.4) is 0 Å². The Labute approximate surface area is 67.5 Å². The lowest BCUT2D eigenvalue weighted by Gasteiger charge is -2.21. The van der Waals surface area contributed by atoms with Crippen LogP contribution >= 0.6 is 12.2 Å². The summed E-state index contributed by atoms with van der Waals surface area (Å²) in [6.07, 6.45) is 3.76. The van der Waals surface area contributed by atoms with E-state index in [1.165, 1.54) is 19.3 Å². The highest BCUT2D eigenvalue weighted by Crippen LogP contribution is 2.38. The van der Waals surface area contributed by atoms with Crippen molar-refractivity contribution in [3.63, 3.8) is 0 Å². The fraction of sp³-hybridized carbons (Fsp3) is 0.875. The summed E-state index contributed by atoms with van der Waals surface area (Å²) in [4.78, 5) is 4.14. The van der Waals surface area contributed by atoms with Crippen molar-refractivity contribution in [3.05, 3.63) is 0 Å². The van der Waals surface area contributed by atoms with E-state index in [-0.39, 0.29) is 0 Å². The number of hydrogen-bond donors (Lipinski definition) is 0. The van der Waals surface area contributed by atoms with Crippen molar-refractivity contribution in [1.29, 1.82) is 0 Å². The van der Waals surface area contributed by atoms with Crippen LogP contribution in [0.2, 0.25) is 0 Å². The van der Waals surface area contributed by atoms with Gasteiger partial charge >= 0.3 is 0 Å². The topological polar surface area (TPSA) is 12.4 Å². The van der Waals surface area contributed by atoms with Gasteiger partial charge in [0, 0.05) is 0 Å². The second-order valence-corrected chi connectivity index (χ2v) is 3.80. The Bertz CT molecular complexity index is 168. The number of thiocarbonyl (C=S) groups is 1. The molecule has 1 aliphatic carbocycles. The second-order valence-electron chi connectivity index (χ2n) is 3.62. The molecule has 0 bridgehead atoms. The minimum absolute atomic E-state index is 0.367. The molecule has 0 aromatic rings. The zero-order chi connectivity index (χ0) is 7.61. The standard InChI is InChI=1S/C8H13NS/c1-8(2)5-3-4-7(8)9-6-10/h7H,3-5H2,1-2H3. The molecule has 1 rings (SSSR count). The first-order valence-electron chi connectivity index (χ1n) is 3.74. The molecule has 1 saturated carbocycles.